The van der Waals surface area contributed by atoms with Crippen LogP contribution in [-0.2, 0) is 11.0 Å². The van der Waals surface area contributed by atoms with Crippen molar-refractivity contribution in [1.29, 1.82) is 0 Å². The van der Waals surface area contributed by atoms with E-state index in [0.717, 1.165) is 22.7 Å². The first-order chi connectivity index (χ1) is 14.1. The lowest BCUT2D eigenvalue weighted by Crippen LogP contribution is -2.27. The van der Waals surface area contributed by atoms with E-state index in [-0.39, 0.29) is 28.2 Å². The van der Waals surface area contributed by atoms with Gasteiger partial charge in [-0.1, -0.05) is 12.1 Å². The molecule has 0 saturated carbocycles. The van der Waals surface area contributed by atoms with Gasteiger partial charge in [0.15, 0.2) is 0 Å². The van der Waals surface area contributed by atoms with Crippen LogP contribution < -0.4 is 4.74 Å². The largest absolute Gasteiger partial charge is 0.450 e. The number of amides is 2. The monoisotopic (exact) mass is 438 g/mol. The zero-order valence-corrected chi connectivity index (χ0v) is 16.1. The second-order valence-corrected chi connectivity index (χ2v) is 7.03. The Balaban J connectivity index is 1.81. The van der Waals surface area contributed by atoms with E-state index in [0.29, 0.717) is 17.7 Å². The lowest BCUT2D eigenvalue weighted by atomic mass is 10.1. The van der Waals surface area contributed by atoms with Crippen LogP contribution >= 0.6 is 11.8 Å². The van der Waals surface area contributed by atoms with E-state index in [1.807, 2.05) is 0 Å². The fraction of sp³-hybridized carbons (Fsp3) is 0.158. The average Bonchev–Trinajstić information content (AvgIpc) is 2.95. The van der Waals surface area contributed by atoms with Crippen LogP contribution in [-0.4, -0.2) is 27.5 Å². The van der Waals surface area contributed by atoms with E-state index in [2.05, 4.69) is 0 Å². The summed E-state index contributed by atoms with van der Waals surface area (Å²) in [5.74, 6) is -0.588. The van der Waals surface area contributed by atoms with Crippen molar-refractivity contribution in [3.8, 4) is 11.5 Å². The number of nitro groups is 1. The van der Waals surface area contributed by atoms with Crippen LogP contribution in [0.15, 0.2) is 47.4 Å². The molecule has 0 unspecified atom stereocenters. The van der Waals surface area contributed by atoms with Crippen molar-refractivity contribution >= 4 is 34.7 Å². The molecule has 11 heteroatoms. The molecule has 30 heavy (non-hydrogen) atoms. The number of likely N-dealkylation sites (N-methyl/N-ethyl adjacent to an activating group) is 1. The van der Waals surface area contributed by atoms with Crippen LogP contribution in [0, 0.1) is 10.1 Å². The summed E-state index contributed by atoms with van der Waals surface area (Å²) in [6, 6.07) is 7.97. The smallest absolute Gasteiger partial charge is 0.416 e. The van der Waals surface area contributed by atoms with E-state index in [1.54, 1.807) is 19.1 Å². The highest BCUT2D eigenvalue weighted by atomic mass is 32.2. The highest BCUT2D eigenvalue weighted by Gasteiger charge is 2.34. The van der Waals surface area contributed by atoms with Gasteiger partial charge in [-0.3, -0.25) is 24.6 Å². The van der Waals surface area contributed by atoms with Crippen molar-refractivity contribution in [2.24, 2.45) is 0 Å². The number of benzene rings is 2. The molecule has 1 aliphatic heterocycles. The third kappa shape index (κ3) is 4.46. The van der Waals surface area contributed by atoms with Gasteiger partial charge in [0.05, 0.1) is 15.4 Å². The Morgan fingerprint density at radius 3 is 2.37 bits per heavy atom. The molecule has 0 radical (unpaired) electrons. The molecular formula is C19H13F3N2O5S. The van der Waals surface area contributed by atoms with Gasteiger partial charge in [-0.15, -0.1) is 0 Å². The number of halogens is 3. The van der Waals surface area contributed by atoms with Gasteiger partial charge < -0.3 is 4.74 Å². The molecule has 2 aromatic rings. The molecule has 0 spiro atoms. The molecule has 1 heterocycles. The van der Waals surface area contributed by atoms with Gasteiger partial charge >= 0.3 is 11.9 Å². The Morgan fingerprint density at radius 1 is 1.17 bits per heavy atom. The Bertz CT molecular complexity index is 1050. The molecule has 7 nitrogen and oxygen atoms in total. The number of nitrogens with zero attached hydrogens (tertiary/aromatic N) is 2. The maximum Gasteiger partial charge on any atom is 0.416 e. The van der Waals surface area contributed by atoms with Gasteiger partial charge in [0.2, 0.25) is 5.75 Å². The minimum absolute atomic E-state index is 0.150. The minimum Gasteiger partial charge on any atom is -0.450 e. The van der Waals surface area contributed by atoms with Crippen LogP contribution in [0.3, 0.4) is 0 Å². The lowest BCUT2D eigenvalue weighted by molar-refractivity contribution is -0.385. The van der Waals surface area contributed by atoms with Crippen LogP contribution in [0.4, 0.5) is 23.7 Å². The highest BCUT2D eigenvalue weighted by Crippen LogP contribution is 2.38. The number of nitro benzene ring substituents is 1. The summed E-state index contributed by atoms with van der Waals surface area (Å²) in [6.07, 6.45) is -3.20. The number of carbonyl (C=O) groups excluding carboxylic acids is 2. The van der Waals surface area contributed by atoms with E-state index in [1.165, 1.54) is 18.2 Å². The second-order valence-electron chi connectivity index (χ2n) is 6.03. The molecule has 2 amide bonds. The van der Waals surface area contributed by atoms with E-state index in [4.69, 9.17) is 4.74 Å². The summed E-state index contributed by atoms with van der Waals surface area (Å²) in [6.45, 7) is 1.95. The number of thioether (sulfide) groups is 1. The Hall–Kier alpha value is -3.34. The number of carbonyl (C=O) groups is 2. The van der Waals surface area contributed by atoms with Crippen molar-refractivity contribution in [2.45, 2.75) is 13.1 Å². The number of hydrogen-bond donors (Lipinski definition) is 0. The van der Waals surface area contributed by atoms with Gasteiger partial charge in [0.25, 0.3) is 11.1 Å². The fourth-order valence-electron chi connectivity index (χ4n) is 2.61. The third-order valence-electron chi connectivity index (χ3n) is 4.08. The third-order valence-corrected chi connectivity index (χ3v) is 4.99. The quantitative estimate of drug-likeness (QED) is 0.350. The van der Waals surface area contributed by atoms with Crippen LogP contribution in [0.25, 0.3) is 6.08 Å². The first kappa shape index (κ1) is 21.4. The predicted octanol–water partition coefficient (Wildman–Crippen LogP) is 5.46. The summed E-state index contributed by atoms with van der Waals surface area (Å²) >= 11 is 0.817. The number of hydrogen-bond acceptors (Lipinski definition) is 6. The van der Waals surface area contributed by atoms with Crippen molar-refractivity contribution in [3.63, 3.8) is 0 Å². The number of alkyl halides is 3. The standard InChI is InChI=1S/C19H13F3N2O5S/c1-2-23-17(25)16(30-18(23)26)9-11-3-6-13(7-4-11)29-15-8-5-12(19(20,21)22)10-14(15)24(27)28/h3-10H,2H2,1H3/b16-9+. The Labute approximate surface area is 172 Å². The lowest BCUT2D eigenvalue weighted by Gasteiger charge is -2.10. The summed E-state index contributed by atoms with van der Waals surface area (Å²) in [5, 5.41) is 10.8. The van der Waals surface area contributed by atoms with Crippen molar-refractivity contribution in [1.82, 2.24) is 4.90 Å². The Kier molecular flexibility index (Phi) is 5.83. The molecule has 2 aromatic carbocycles. The van der Waals surface area contributed by atoms with Gasteiger partial charge in [-0.05, 0) is 54.6 Å². The molecule has 1 aliphatic rings. The SMILES string of the molecule is CCN1C(=O)S/C(=C/c2ccc(Oc3ccc(C(F)(F)F)cc3[N+](=O)[O-])cc2)C1=O. The van der Waals surface area contributed by atoms with Gasteiger partial charge in [-0.25, -0.2) is 0 Å². The maximum absolute atomic E-state index is 12.8. The highest BCUT2D eigenvalue weighted by molar-refractivity contribution is 8.18. The Morgan fingerprint density at radius 2 is 1.83 bits per heavy atom. The van der Waals surface area contributed by atoms with Crippen molar-refractivity contribution < 1.29 is 32.4 Å². The van der Waals surface area contributed by atoms with Crippen molar-refractivity contribution in [3.05, 3.63) is 68.6 Å². The molecule has 0 N–H and O–H groups in total. The van der Waals surface area contributed by atoms with Crippen LogP contribution in [0.2, 0.25) is 0 Å². The van der Waals surface area contributed by atoms with Crippen LogP contribution in [0.5, 0.6) is 11.5 Å². The molecule has 1 fully saturated rings. The molecule has 0 bridgehead atoms. The minimum atomic E-state index is -4.72. The fourth-order valence-corrected chi connectivity index (χ4v) is 3.51. The molecule has 0 atom stereocenters. The molecular weight excluding hydrogens is 425 g/mol. The van der Waals surface area contributed by atoms with Gasteiger partial charge in [-0.2, -0.15) is 13.2 Å². The molecule has 0 aromatic heterocycles. The first-order valence-electron chi connectivity index (χ1n) is 8.49. The first-order valence-corrected chi connectivity index (χ1v) is 9.30. The molecule has 3 rings (SSSR count). The molecule has 0 aliphatic carbocycles. The number of ether oxygens (including phenoxy) is 1. The van der Waals surface area contributed by atoms with E-state index in [9.17, 15) is 32.9 Å². The maximum atomic E-state index is 12.8. The topological polar surface area (TPSA) is 89.8 Å². The number of imide groups is 1. The zero-order valence-electron chi connectivity index (χ0n) is 15.3. The van der Waals surface area contributed by atoms with Crippen molar-refractivity contribution in [2.75, 3.05) is 6.54 Å². The van der Waals surface area contributed by atoms with Gasteiger partial charge in [0, 0.05) is 12.6 Å². The molecule has 156 valence electrons. The summed E-state index contributed by atoms with van der Waals surface area (Å²) in [4.78, 5) is 35.4. The van der Waals surface area contributed by atoms with E-state index >= 15 is 0 Å². The zero-order chi connectivity index (χ0) is 22.1. The van der Waals surface area contributed by atoms with E-state index < -0.39 is 28.3 Å². The molecule has 1 saturated heterocycles. The number of rotatable bonds is 5. The second kappa shape index (κ2) is 8.19. The van der Waals surface area contributed by atoms with Crippen LogP contribution in [0.1, 0.15) is 18.1 Å². The summed E-state index contributed by atoms with van der Waals surface area (Å²) in [5.41, 5.74) is -1.40. The summed E-state index contributed by atoms with van der Waals surface area (Å²) in [7, 11) is 0. The average molecular weight is 438 g/mol. The van der Waals surface area contributed by atoms with Gasteiger partial charge in [0.1, 0.15) is 5.75 Å². The normalized spacial score (nSPS) is 15.7. The summed E-state index contributed by atoms with van der Waals surface area (Å²) < 4.78 is 43.7. The predicted molar refractivity (Wildman–Crippen MR) is 103 cm³/mol.